The van der Waals surface area contributed by atoms with Gasteiger partial charge >= 0.3 is 5.97 Å². The highest BCUT2D eigenvalue weighted by atomic mass is 32.1. The van der Waals surface area contributed by atoms with Gasteiger partial charge < -0.3 is 4.74 Å². The van der Waals surface area contributed by atoms with Gasteiger partial charge in [-0.3, -0.25) is 0 Å². The zero-order valence-electron chi connectivity index (χ0n) is 11.4. The summed E-state index contributed by atoms with van der Waals surface area (Å²) in [4.78, 5) is 19.3. The topological polar surface area (TPSA) is 38.7 Å². The predicted molar refractivity (Wildman–Crippen MR) is 80.1 cm³/mol. The van der Waals surface area contributed by atoms with E-state index in [9.17, 15) is 4.79 Å². The van der Waals surface area contributed by atoms with Gasteiger partial charge in [-0.2, -0.15) is 0 Å². The molecule has 1 spiro atoms. The van der Waals surface area contributed by atoms with Crippen LogP contribution in [0.1, 0.15) is 53.8 Å². The standard InChI is InChI=1S/C16H17NO2S/c18-15-16(8-4-1-5-9-16)17-14(19-15)13-10-11-6-2-3-7-12(11)20-13/h2,6,10H,1,3-5,7-9H2. The maximum absolute atomic E-state index is 12.2. The Kier molecular flexibility index (Phi) is 2.81. The maximum atomic E-state index is 12.2. The first-order valence-corrected chi connectivity index (χ1v) is 8.20. The van der Waals surface area contributed by atoms with Crippen LogP contribution in [-0.2, 0) is 16.0 Å². The summed E-state index contributed by atoms with van der Waals surface area (Å²) < 4.78 is 5.52. The number of allylic oxidation sites excluding steroid dienone is 1. The second-order valence-corrected chi connectivity index (χ2v) is 6.97. The molecule has 1 saturated carbocycles. The maximum Gasteiger partial charge on any atom is 0.340 e. The number of rotatable bonds is 1. The summed E-state index contributed by atoms with van der Waals surface area (Å²) >= 11 is 1.72. The SMILES string of the molecule is O=C1OC(c2cc3c(s2)CCC=C3)=NC12CCCCC2. The van der Waals surface area contributed by atoms with E-state index in [0.717, 1.165) is 43.4 Å². The summed E-state index contributed by atoms with van der Waals surface area (Å²) in [6, 6.07) is 2.11. The van der Waals surface area contributed by atoms with Gasteiger partial charge in [0.25, 0.3) is 0 Å². The van der Waals surface area contributed by atoms with Gasteiger partial charge in [0, 0.05) is 4.88 Å². The molecule has 0 N–H and O–H groups in total. The molecule has 0 atom stereocenters. The fourth-order valence-corrected chi connectivity index (χ4v) is 4.40. The van der Waals surface area contributed by atoms with Crippen molar-refractivity contribution in [1.82, 2.24) is 0 Å². The monoisotopic (exact) mass is 287 g/mol. The summed E-state index contributed by atoms with van der Waals surface area (Å²) in [5, 5.41) is 0. The number of aryl methyl sites for hydroxylation is 1. The number of esters is 1. The molecule has 1 aromatic heterocycles. The summed E-state index contributed by atoms with van der Waals surface area (Å²) in [6.07, 6.45) is 11.6. The van der Waals surface area contributed by atoms with Gasteiger partial charge in [-0.1, -0.05) is 31.4 Å². The van der Waals surface area contributed by atoms with Crippen LogP contribution in [0.15, 0.2) is 17.1 Å². The second-order valence-electron chi connectivity index (χ2n) is 5.83. The molecule has 0 radical (unpaired) electrons. The van der Waals surface area contributed by atoms with Gasteiger partial charge in [0.2, 0.25) is 5.90 Å². The van der Waals surface area contributed by atoms with Crippen molar-refractivity contribution in [1.29, 1.82) is 0 Å². The molecule has 0 bridgehead atoms. The molecule has 104 valence electrons. The molecule has 0 saturated heterocycles. The molecule has 2 heterocycles. The van der Waals surface area contributed by atoms with E-state index in [1.807, 2.05) is 0 Å². The zero-order chi connectivity index (χ0) is 13.6. The molecule has 20 heavy (non-hydrogen) atoms. The Bertz CT molecular complexity index is 620. The number of carbonyl (C=O) groups is 1. The third-order valence-corrected chi connectivity index (χ3v) is 5.65. The Morgan fingerprint density at radius 2 is 2.10 bits per heavy atom. The van der Waals surface area contributed by atoms with Crippen molar-refractivity contribution in [2.75, 3.05) is 0 Å². The van der Waals surface area contributed by atoms with Crippen molar-refractivity contribution < 1.29 is 9.53 Å². The third-order valence-electron chi connectivity index (χ3n) is 4.45. The number of aliphatic imine (C=N–C) groups is 1. The molecule has 1 fully saturated rings. The van der Waals surface area contributed by atoms with Gasteiger partial charge in [-0.25, -0.2) is 9.79 Å². The Hall–Kier alpha value is -1.42. The summed E-state index contributed by atoms with van der Waals surface area (Å²) in [5.74, 6) is 0.429. The van der Waals surface area contributed by atoms with Crippen molar-refractivity contribution in [3.05, 3.63) is 27.5 Å². The first-order valence-electron chi connectivity index (χ1n) is 7.39. The quantitative estimate of drug-likeness (QED) is 0.738. The van der Waals surface area contributed by atoms with Crippen LogP contribution in [0.4, 0.5) is 0 Å². The lowest BCUT2D eigenvalue weighted by molar-refractivity contribution is -0.140. The fraction of sp³-hybridized carbons (Fsp3) is 0.500. The van der Waals surface area contributed by atoms with Crippen LogP contribution in [0.3, 0.4) is 0 Å². The first-order chi connectivity index (χ1) is 9.77. The molecule has 0 amide bonds. The van der Waals surface area contributed by atoms with E-state index in [1.165, 1.54) is 16.9 Å². The second kappa shape index (κ2) is 4.55. The molecule has 1 aliphatic heterocycles. The molecular weight excluding hydrogens is 270 g/mol. The highest BCUT2D eigenvalue weighted by Crippen LogP contribution is 2.39. The van der Waals surface area contributed by atoms with E-state index in [0.29, 0.717) is 5.90 Å². The molecule has 4 heteroatoms. The fourth-order valence-electron chi connectivity index (χ4n) is 3.31. The number of cyclic esters (lactones) is 1. The highest BCUT2D eigenvalue weighted by molar-refractivity contribution is 7.14. The van der Waals surface area contributed by atoms with E-state index >= 15 is 0 Å². The molecule has 4 rings (SSSR count). The van der Waals surface area contributed by atoms with E-state index in [4.69, 9.17) is 9.73 Å². The molecular formula is C16H17NO2S. The van der Waals surface area contributed by atoms with E-state index < -0.39 is 5.54 Å². The van der Waals surface area contributed by atoms with Crippen LogP contribution < -0.4 is 0 Å². The average molecular weight is 287 g/mol. The van der Waals surface area contributed by atoms with Crippen molar-refractivity contribution in [3.63, 3.8) is 0 Å². The van der Waals surface area contributed by atoms with Crippen LogP contribution >= 0.6 is 11.3 Å². The van der Waals surface area contributed by atoms with Crippen LogP contribution in [0, 0.1) is 0 Å². The number of ether oxygens (including phenoxy) is 1. The highest BCUT2D eigenvalue weighted by Gasteiger charge is 2.46. The summed E-state index contributed by atoms with van der Waals surface area (Å²) in [6.45, 7) is 0. The van der Waals surface area contributed by atoms with Crippen LogP contribution in [0.2, 0.25) is 0 Å². The lowest BCUT2D eigenvalue weighted by Gasteiger charge is -2.25. The van der Waals surface area contributed by atoms with Crippen LogP contribution in [0.25, 0.3) is 6.08 Å². The van der Waals surface area contributed by atoms with Crippen molar-refractivity contribution in [2.45, 2.75) is 50.5 Å². The van der Waals surface area contributed by atoms with Gasteiger partial charge in [-0.05, 0) is 37.3 Å². The first kappa shape index (κ1) is 12.3. The van der Waals surface area contributed by atoms with E-state index in [2.05, 4.69) is 18.2 Å². The zero-order valence-corrected chi connectivity index (χ0v) is 12.2. The molecule has 0 aromatic carbocycles. The lowest BCUT2D eigenvalue weighted by atomic mass is 9.83. The molecule has 0 unspecified atom stereocenters. The van der Waals surface area contributed by atoms with E-state index in [1.54, 1.807) is 11.3 Å². The molecule has 1 aromatic rings. The number of carbonyl (C=O) groups excluding carboxylic acids is 1. The summed E-state index contributed by atoms with van der Waals surface area (Å²) in [7, 11) is 0. The minimum Gasteiger partial charge on any atom is -0.404 e. The normalized spacial score (nSPS) is 23.6. The molecule has 2 aliphatic carbocycles. The van der Waals surface area contributed by atoms with Crippen molar-refractivity contribution in [2.24, 2.45) is 4.99 Å². The van der Waals surface area contributed by atoms with Gasteiger partial charge in [-0.15, -0.1) is 11.3 Å². The van der Waals surface area contributed by atoms with Crippen molar-refractivity contribution >= 4 is 29.3 Å². The Morgan fingerprint density at radius 1 is 1.25 bits per heavy atom. The Labute approximate surface area is 122 Å². The minimum atomic E-state index is -0.562. The summed E-state index contributed by atoms with van der Waals surface area (Å²) in [5.41, 5.74) is 0.702. The smallest absolute Gasteiger partial charge is 0.340 e. The molecule has 3 aliphatic rings. The third kappa shape index (κ3) is 1.85. The lowest BCUT2D eigenvalue weighted by Crippen LogP contribution is -2.35. The largest absolute Gasteiger partial charge is 0.404 e. The average Bonchev–Trinajstić information content (AvgIpc) is 3.03. The Balaban J connectivity index is 1.69. The number of hydrogen-bond donors (Lipinski definition) is 0. The van der Waals surface area contributed by atoms with Crippen LogP contribution in [-0.4, -0.2) is 17.4 Å². The number of hydrogen-bond acceptors (Lipinski definition) is 4. The van der Waals surface area contributed by atoms with Gasteiger partial charge in [0.1, 0.15) is 0 Å². The molecule has 3 nitrogen and oxygen atoms in total. The Morgan fingerprint density at radius 3 is 2.90 bits per heavy atom. The van der Waals surface area contributed by atoms with Crippen LogP contribution in [0.5, 0.6) is 0 Å². The minimum absolute atomic E-state index is 0.130. The number of nitrogens with zero attached hydrogens (tertiary/aromatic N) is 1. The predicted octanol–water partition coefficient (Wildman–Crippen LogP) is 3.71. The number of fused-ring (bicyclic) bond motifs is 1. The number of thiophene rings is 1. The van der Waals surface area contributed by atoms with Crippen molar-refractivity contribution in [3.8, 4) is 0 Å². The van der Waals surface area contributed by atoms with Gasteiger partial charge in [0.05, 0.1) is 4.88 Å². The van der Waals surface area contributed by atoms with E-state index in [-0.39, 0.29) is 5.97 Å². The van der Waals surface area contributed by atoms with Gasteiger partial charge in [0.15, 0.2) is 5.54 Å².